The Balaban J connectivity index is 1.76. The van der Waals surface area contributed by atoms with E-state index in [0.717, 1.165) is 16.0 Å². The summed E-state index contributed by atoms with van der Waals surface area (Å²) in [5, 5.41) is 4.55. The lowest BCUT2D eigenvalue weighted by Crippen LogP contribution is -2.52. The van der Waals surface area contributed by atoms with E-state index in [1.165, 1.54) is 0 Å². The number of imide groups is 1. The Morgan fingerprint density at radius 1 is 1.21 bits per heavy atom. The minimum absolute atomic E-state index is 0.0528. The third-order valence-corrected chi connectivity index (χ3v) is 7.05. The molecule has 2 aliphatic rings. The number of rotatable bonds is 6. The predicted octanol–water partition coefficient (Wildman–Crippen LogP) is 5.57. The number of cyclic esters (lactones) is 1. The van der Waals surface area contributed by atoms with Gasteiger partial charge in [-0.1, -0.05) is 59.2 Å². The molecule has 2 fully saturated rings. The third kappa shape index (κ3) is 4.42. The zero-order valence-electron chi connectivity index (χ0n) is 18.3. The average molecular weight is 469 g/mol. The number of methoxy groups -OCH3 is 1. The SMILES string of the molecule is COC1CCC(c2ccc(Cl)cc2)([C@H](N=[N+]=[N-])C(=O)N2C(=O)OC[C@@H]2c2ccccc2)CC1. The molecule has 2 aromatic rings. The van der Waals surface area contributed by atoms with E-state index < -0.39 is 29.5 Å². The molecule has 1 heterocycles. The van der Waals surface area contributed by atoms with Crippen molar-refractivity contribution in [2.24, 2.45) is 5.11 Å². The highest BCUT2D eigenvalue weighted by molar-refractivity contribution is 6.30. The summed E-state index contributed by atoms with van der Waals surface area (Å²) in [6, 6.07) is 14.8. The number of hydrogen-bond acceptors (Lipinski definition) is 5. The maximum Gasteiger partial charge on any atom is 0.417 e. The van der Waals surface area contributed by atoms with E-state index in [-0.39, 0.29) is 12.7 Å². The molecule has 2 amide bonds. The molecule has 0 unspecified atom stereocenters. The molecular weight excluding hydrogens is 444 g/mol. The van der Waals surface area contributed by atoms with Crippen molar-refractivity contribution >= 4 is 23.6 Å². The fraction of sp³-hybridized carbons (Fsp3) is 0.417. The van der Waals surface area contributed by atoms with Crippen molar-refractivity contribution in [3.05, 3.63) is 81.2 Å². The first-order chi connectivity index (χ1) is 16.0. The Hall–Kier alpha value is -3.06. The first kappa shape index (κ1) is 23.1. The minimum atomic E-state index is -1.13. The number of halogens is 1. The number of carbonyl (C=O) groups is 2. The topological polar surface area (TPSA) is 105 Å². The van der Waals surface area contributed by atoms with Crippen molar-refractivity contribution in [2.45, 2.75) is 49.3 Å². The highest BCUT2D eigenvalue weighted by atomic mass is 35.5. The minimum Gasteiger partial charge on any atom is -0.446 e. The van der Waals surface area contributed by atoms with Crippen LogP contribution in [0.25, 0.3) is 10.4 Å². The zero-order chi connectivity index (χ0) is 23.4. The second-order valence-electron chi connectivity index (χ2n) is 8.42. The first-order valence-corrected chi connectivity index (χ1v) is 11.3. The monoisotopic (exact) mass is 468 g/mol. The first-order valence-electron chi connectivity index (χ1n) is 10.9. The Bertz CT molecular complexity index is 1050. The Kier molecular flexibility index (Phi) is 6.88. The summed E-state index contributed by atoms with van der Waals surface area (Å²) in [5.41, 5.74) is 10.3. The van der Waals surface area contributed by atoms with Crippen LogP contribution in [-0.2, 0) is 19.7 Å². The number of carbonyl (C=O) groups excluding carboxylic acids is 2. The molecule has 172 valence electrons. The standard InChI is InChI=1S/C24H25ClN4O4/c1-32-19-11-13-24(14-12-19,17-7-9-18(25)10-8-17)21(27-28-26)22(30)29-20(15-33-23(29)31)16-5-3-2-4-6-16/h2-10,19-21H,11-15H2,1H3/t19?,20-,21-,24?/m1/s1. The molecule has 4 rings (SSSR count). The molecule has 1 aliphatic heterocycles. The van der Waals surface area contributed by atoms with Crippen LogP contribution in [0.2, 0.25) is 5.02 Å². The molecular formula is C24H25ClN4O4. The van der Waals surface area contributed by atoms with Gasteiger partial charge in [0.15, 0.2) is 0 Å². The van der Waals surface area contributed by atoms with E-state index in [9.17, 15) is 15.1 Å². The third-order valence-electron chi connectivity index (χ3n) is 6.80. The fourth-order valence-corrected chi connectivity index (χ4v) is 5.14. The van der Waals surface area contributed by atoms with Crippen molar-refractivity contribution < 1.29 is 19.1 Å². The molecule has 2 aromatic carbocycles. The van der Waals surface area contributed by atoms with Gasteiger partial charge in [0, 0.05) is 22.5 Å². The van der Waals surface area contributed by atoms with Crippen LogP contribution in [0.3, 0.4) is 0 Å². The summed E-state index contributed by atoms with van der Waals surface area (Å²) in [7, 11) is 1.67. The molecule has 0 aromatic heterocycles. The van der Waals surface area contributed by atoms with Gasteiger partial charge in [-0.15, -0.1) is 0 Å². The van der Waals surface area contributed by atoms with Gasteiger partial charge >= 0.3 is 6.09 Å². The van der Waals surface area contributed by atoms with Crippen LogP contribution in [-0.4, -0.2) is 42.8 Å². The fourth-order valence-electron chi connectivity index (χ4n) is 5.01. The molecule has 0 spiro atoms. The maximum atomic E-state index is 13.9. The predicted molar refractivity (Wildman–Crippen MR) is 123 cm³/mol. The molecule has 1 saturated carbocycles. The van der Waals surface area contributed by atoms with Crippen LogP contribution in [0.4, 0.5) is 4.79 Å². The van der Waals surface area contributed by atoms with Crippen molar-refractivity contribution in [1.29, 1.82) is 0 Å². The summed E-state index contributed by atoms with van der Waals surface area (Å²) in [4.78, 5) is 30.7. The lowest BCUT2D eigenvalue weighted by molar-refractivity contribution is -0.133. The van der Waals surface area contributed by atoms with E-state index in [1.807, 2.05) is 42.5 Å². The maximum absolute atomic E-state index is 13.9. The number of azide groups is 1. The summed E-state index contributed by atoms with van der Waals surface area (Å²) in [6.07, 6.45) is 1.82. The number of benzene rings is 2. The Morgan fingerprint density at radius 3 is 2.48 bits per heavy atom. The van der Waals surface area contributed by atoms with Crippen LogP contribution >= 0.6 is 11.6 Å². The van der Waals surface area contributed by atoms with Gasteiger partial charge in [0.25, 0.3) is 0 Å². The summed E-state index contributed by atoms with van der Waals surface area (Å²) >= 11 is 6.12. The van der Waals surface area contributed by atoms with Gasteiger partial charge in [0.1, 0.15) is 18.7 Å². The van der Waals surface area contributed by atoms with Crippen LogP contribution in [0.15, 0.2) is 59.7 Å². The quantitative estimate of drug-likeness (QED) is 0.314. The van der Waals surface area contributed by atoms with Crippen molar-refractivity contribution in [3.8, 4) is 0 Å². The highest BCUT2D eigenvalue weighted by Crippen LogP contribution is 2.46. The van der Waals surface area contributed by atoms with Crippen LogP contribution < -0.4 is 0 Å². The number of ether oxygens (including phenoxy) is 2. The van der Waals surface area contributed by atoms with Crippen LogP contribution in [0, 0.1) is 0 Å². The zero-order valence-corrected chi connectivity index (χ0v) is 19.0. The molecule has 1 aliphatic carbocycles. The van der Waals surface area contributed by atoms with E-state index in [1.54, 1.807) is 19.2 Å². The number of amides is 2. The summed E-state index contributed by atoms with van der Waals surface area (Å²) in [5.74, 6) is -0.560. The second-order valence-corrected chi connectivity index (χ2v) is 8.85. The average Bonchev–Trinajstić information content (AvgIpc) is 3.24. The van der Waals surface area contributed by atoms with E-state index in [0.29, 0.717) is 30.7 Å². The normalized spacial score (nSPS) is 25.8. The van der Waals surface area contributed by atoms with E-state index >= 15 is 0 Å². The molecule has 8 nitrogen and oxygen atoms in total. The van der Waals surface area contributed by atoms with Crippen molar-refractivity contribution in [3.63, 3.8) is 0 Å². The van der Waals surface area contributed by atoms with Crippen molar-refractivity contribution in [2.75, 3.05) is 13.7 Å². The molecule has 1 saturated heterocycles. The molecule has 0 bridgehead atoms. The van der Waals surface area contributed by atoms with Gasteiger partial charge in [-0.3, -0.25) is 4.79 Å². The second kappa shape index (κ2) is 9.83. The van der Waals surface area contributed by atoms with Gasteiger partial charge in [-0.2, -0.15) is 0 Å². The lowest BCUT2D eigenvalue weighted by atomic mass is 9.64. The number of hydrogen-bond donors (Lipinski definition) is 0. The van der Waals surface area contributed by atoms with E-state index in [4.69, 9.17) is 21.1 Å². The summed E-state index contributed by atoms with van der Waals surface area (Å²) < 4.78 is 10.8. The Morgan fingerprint density at radius 2 is 1.88 bits per heavy atom. The molecule has 0 radical (unpaired) electrons. The summed E-state index contributed by atoms with van der Waals surface area (Å²) in [6.45, 7) is 0.0528. The molecule has 2 atom stereocenters. The highest BCUT2D eigenvalue weighted by Gasteiger charge is 2.51. The van der Waals surface area contributed by atoms with Crippen LogP contribution in [0.1, 0.15) is 42.9 Å². The van der Waals surface area contributed by atoms with E-state index in [2.05, 4.69) is 10.0 Å². The molecule has 9 heteroatoms. The van der Waals surface area contributed by atoms with Gasteiger partial charge in [-0.05, 0) is 54.5 Å². The Labute approximate surface area is 197 Å². The van der Waals surface area contributed by atoms with Gasteiger partial charge in [0.05, 0.1) is 6.10 Å². The largest absolute Gasteiger partial charge is 0.446 e. The van der Waals surface area contributed by atoms with Gasteiger partial charge in [0.2, 0.25) is 5.91 Å². The van der Waals surface area contributed by atoms with Gasteiger partial charge < -0.3 is 9.47 Å². The molecule has 0 N–H and O–H groups in total. The molecule has 33 heavy (non-hydrogen) atoms. The number of nitrogens with zero attached hydrogens (tertiary/aromatic N) is 4. The van der Waals surface area contributed by atoms with Crippen molar-refractivity contribution in [1.82, 2.24) is 4.90 Å². The lowest BCUT2D eigenvalue weighted by Gasteiger charge is -2.44. The van der Waals surface area contributed by atoms with Gasteiger partial charge in [-0.25, -0.2) is 9.69 Å². The van der Waals surface area contributed by atoms with Crippen LogP contribution in [0.5, 0.6) is 0 Å². The smallest absolute Gasteiger partial charge is 0.417 e.